The van der Waals surface area contributed by atoms with Gasteiger partial charge in [0.25, 0.3) is 0 Å². The van der Waals surface area contributed by atoms with Gasteiger partial charge in [0, 0.05) is 23.4 Å². The predicted octanol–water partition coefficient (Wildman–Crippen LogP) is 4.87. The molecule has 114 valence electrons. The van der Waals surface area contributed by atoms with Crippen molar-refractivity contribution >= 4 is 17.1 Å². The molecule has 22 heavy (non-hydrogen) atoms. The van der Waals surface area contributed by atoms with Crippen LogP contribution in [0.15, 0.2) is 41.5 Å². The summed E-state index contributed by atoms with van der Waals surface area (Å²) in [6, 6.07) is 10.9. The maximum absolute atomic E-state index is 5.03. The summed E-state index contributed by atoms with van der Waals surface area (Å²) in [6.07, 6.45) is 7.88. The molecule has 1 heterocycles. The Kier molecular flexibility index (Phi) is 2.94. The third-order valence-corrected chi connectivity index (χ3v) is 6.81. The van der Waals surface area contributed by atoms with Crippen molar-refractivity contribution in [1.82, 2.24) is 4.98 Å². The van der Waals surface area contributed by atoms with Crippen LogP contribution in [0, 0.1) is 16.7 Å². The van der Waals surface area contributed by atoms with Gasteiger partial charge in [0.1, 0.15) is 0 Å². The van der Waals surface area contributed by atoms with Crippen molar-refractivity contribution in [3.05, 3.63) is 42.1 Å². The second-order valence-corrected chi connectivity index (χ2v) is 7.83. The van der Waals surface area contributed by atoms with E-state index < -0.39 is 0 Å². The minimum atomic E-state index is 0.353. The molecule has 2 aliphatic rings. The van der Waals surface area contributed by atoms with Gasteiger partial charge in [0.05, 0.1) is 11.6 Å². The Morgan fingerprint density at radius 1 is 1.18 bits per heavy atom. The van der Waals surface area contributed by atoms with E-state index in [9.17, 15) is 0 Å². The Labute approximate surface area is 132 Å². The summed E-state index contributed by atoms with van der Waals surface area (Å²) in [4.78, 5) is 9.56. The van der Waals surface area contributed by atoms with E-state index in [0.29, 0.717) is 16.9 Å². The Bertz CT molecular complexity index is 741. The molecule has 2 bridgehead atoms. The highest BCUT2D eigenvalue weighted by atomic mass is 14.9. The minimum absolute atomic E-state index is 0.353. The number of pyridine rings is 1. The molecule has 2 heteroatoms. The van der Waals surface area contributed by atoms with Crippen molar-refractivity contribution in [2.45, 2.75) is 46.1 Å². The monoisotopic (exact) mass is 292 g/mol. The van der Waals surface area contributed by atoms with E-state index in [4.69, 9.17) is 4.99 Å². The number of nitrogens with zero attached hydrogens (tertiary/aromatic N) is 2. The standard InChI is InChI=1S/C20H24N2/c1-19(2)16-9-10-20(19,3)17(12-16)22-13-15-7-4-6-14-8-5-11-21-18(14)15/h4-8,11,13,16-17H,9-10,12H2,1-3H3. The van der Waals surface area contributed by atoms with Crippen molar-refractivity contribution in [2.24, 2.45) is 21.7 Å². The highest BCUT2D eigenvalue weighted by Crippen LogP contribution is 2.66. The zero-order valence-corrected chi connectivity index (χ0v) is 13.7. The summed E-state index contributed by atoms with van der Waals surface area (Å²) in [5.41, 5.74) is 2.97. The first-order chi connectivity index (χ1) is 10.5. The molecule has 3 atom stereocenters. The summed E-state index contributed by atoms with van der Waals surface area (Å²) in [5, 5.41) is 1.19. The van der Waals surface area contributed by atoms with Crippen LogP contribution in [0.1, 0.15) is 45.6 Å². The highest BCUT2D eigenvalue weighted by Gasteiger charge is 2.61. The maximum atomic E-state index is 5.03. The number of hydrogen-bond acceptors (Lipinski definition) is 2. The number of fused-ring (bicyclic) bond motifs is 3. The molecule has 1 aromatic carbocycles. The average Bonchev–Trinajstić information content (AvgIpc) is 2.86. The predicted molar refractivity (Wildman–Crippen MR) is 92.4 cm³/mol. The third-order valence-electron chi connectivity index (χ3n) is 6.81. The SMILES string of the molecule is CC1(C)C2CCC1(C)C(N=Cc1cccc3cccnc13)C2. The van der Waals surface area contributed by atoms with E-state index in [2.05, 4.69) is 56.2 Å². The van der Waals surface area contributed by atoms with E-state index in [1.165, 1.54) is 24.6 Å². The molecule has 2 aromatic rings. The molecule has 1 aromatic heterocycles. The van der Waals surface area contributed by atoms with Gasteiger partial charge in [-0.05, 0) is 42.1 Å². The second kappa shape index (κ2) is 4.65. The van der Waals surface area contributed by atoms with Gasteiger partial charge in [-0.2, -0.15) is 0 Å². The minimum Gasteiger partial charge on any atom is -0.289 e. The molecule has 0 saturated heterocycles. The van der Waals surface area contributed by atoms with Crippen LogP contribution >= 0.6 is 0 Å². The molecule has 0 amide bonds. The summed E-state index contributed by atoms with van der Waals surface area (Å²) in [6.45, 7) is 7.34. The van der Waals surface area contributed by atoms with Crippen LogP contribution in [0.4, 0.5) is 0 Å². The average molecular weight is 292 g/mol. The smallest absolute Gasteiger partial charge is 0.0789 e. The van der Waals surface area contributed by atoms with E-state index in [-0.39, 0.29) is 0 Å². The Balaban J connectivity index is 1.68. The van der Waals surface area contributed by atoms with Crippen LogP contribution in [-0.2, 0) is 0 Å². The lowest BCUT2D eigenvalue weighted by Gasteiger charge is -2.37. The topological polar surface area (TPSA) is 25.2 Å². The van der Waals surface area contributed by atoms with E-state index >= 15 is 0 Å². The van der Waals surface area contributed by atoms with E-state index in [0.717, 1.165) is 17.0 Å². The largest absolute Gasteiger partial charge is 0.289 e. The zero-order chi connectivity index (χ0) is 15.4. The van der Waals surface area contributed by atoms with Crippen LogP contribution in [-0.4, -0.2) is 17.2 Å². The highest BCUT2D eigenvalue weighted by molar-refractivity contribution is 5.97. The summed E-state index contributed by atoms with van der Waals surface area (Å²) < 4.78 is 0. The number of rotatable bonds is 2. The second-order valence-electron chi connectivity index (χ2n) is 7.83. The van der Waals surface area contributed by atoms with Gasteiger partial charge in [0.15, 0.2) is 0 Å². The molecule has 0 aliphatic heterocycles. The van der Waals surface area contributed by atoms with Crippen molar-refractivity contribution in [2.75, 3.05) is 0 Å². The van der Waals surface area contributed by atoms with Crippen molar-refractivity contribution < 1.29 is 0 Å². The van der Waals surface area contributed by atoms with Crippen LogP contribution < -0.4 is 0 Å². The van der Waals surface area contributed by atoms with Gasteiger partial charge in [-0.15, -0.1) is 0 Å². The first-order valence-corrected chi connectivity index (χ1v) is 8.39. The molecule has 0 radical (unpaired) electrons. The lowest BCUT2D eigenvalue weighted by Crippen LogP contribution is -2.34. The number of benzene rings is 1. The molecule has 3 unspecified atom stereocenters. The summed E-state index contributed by atoms with van der Waals surface area (Å²) in [7, 11) is 0. The van der Waals surface area contributed by atoms with Gasteiger partial charge < -0.3 is 0 Å². The Morgan fingerprint density at radius 3 is 2.73 bits per heavy atom. The molecule has 0 N–H and O–H groups in total. The molecule has 2 fully saturated rings. The number of aliphatic imine (C=N–C) groups is 1. The Morgan fingerprint density at radius 2 is 2.00 bits per heavy atom. The number of aromatic nitrogens is 1. The fraction of sp³-hybridized carbons (Fsp3) is 0.500. The van der Waals surface area contributed by atoms with Crippen molar-refractivity contribution in [3.63, 3.8) is 0 Å². The van der Waals surface area contributed by atoms with E-state index in [1.807, 2.05) is 12.3 Å². The van der Waals surface area contributed by atoms with Crippen LogP contribution in [0.25, 0.3) is 10.9 Å². The van der Waals surface area contributed by atoms with Gasteiger partial charge >= 0.3 is 0 Å². The molecule has 4 rings (SSSR count). The summed E-state index contributed by atoms with van der Waals surface area (Å²) >= 11 is 0. The zero-order valence-electron chi connectivity index (χ0n) is 13.7. The van der Waals surface area contributed by atoms with E-state index in [1.54, 1.807) is 0 Å². The van der Waals surface area contributed by atoms with Crippen molar-refractivity contribution in [3.8, 4) is 0 Å². The molecule has 2 saturated carbocycles. The maximum Gasteiger partial charge on any atom is 0.0789 e. The lowest BCUT2D eigenvalue weighted by molar-refractivity contribution is 0.137. The first kappa shape index (κ1) is 13.9. The van der Waals surface area contributed by atoms with Gasteiger partial charge in [0.2, 0.25) is 0 Å². The number of para-hydroxylation sites is 1. The molecule has 2 aliphatic carbocycles. The third kappa shape index (κ3) is 1.79. The summed E-state index contributed by atoms with van der Waals surface area (Å²) in [5.74, 6) is 0.838. The first-order valence-electron chi connectivity index (χ1n) is 8.39. The van der Waals surface area contributed by atoms with Crippen LogP contribution in [0.5, 0.6) is 0 Å². The molecule has 0 spiro atoms. The molecular weight excluding hydrogens is 268 g/mol. The fourth-order valence-electron chi connectivity index (χ4n) is 4.79. The van der Waals surface area contributed by atoms with Gasteiger partial charge in [-0.1, -0.05) is 45.0 Å². The quantitative estimate of drug-likeness (QED) is 0.725. The number of hydrogen-bond donors (Lipinski definition) is 0. The Hall–Kier alpha value is -1.70. The van der Waals surface area contributed by atoms with Gasteiger partial charge in [-0.25, -0.2) is 0 Å². The van der Waals surface area contributed by atoms with Gasteiger partial charge in [-0.3, -0.25) is 9.98 Å². The fourth-order valence-corrected chi connectivity index (χ4v) is 4.79. The van der Waals surface area contributed by atoms with Crippen LogP contribution in [0.3, 0.4) is 0 Å². The van der Waals surface area contributed by atoms with Crippen LogP contribution in [0.2, 0.25) is 0 Å². The lowest BCUT2D eigenvalue weighted by atomic mass is 9.69. The molecular formula is C20H24N2. The molecule has 2 nitrogen and oxygen atoms in total. The van der Waals surface area contributed by atoms with Crippen molar-refractivity contribution in [1.29, 1.82) is 0 Å². The normalized spacial score (nSPS) is 33.0.